The number of para-hydroxylation sites is 3. The summed E-state index contributed by atoms with van der Waals surface area (Å²) in [6.07, 6.45) is 1.25. The van der Waals surface area contributed by atoms with Crippen LogP contribution in [0.4, 0.5) is 5.69 Å². The molecule has 1 aliphatic heterocycles. The lowest BCUT2D eigenvalue weighted by molar-refractivity contribution is -0.119. The maximum absolute atomic E-state index is 13.4. The van der Waals surface area contributed by atoms with Crippen LogP contribution < -0.4 is 10.5 Å². The maximum atomic E-state index is 13.4. The summed E-state index contributed by atoms with van der Waals surface area (Å²) in [5, 5.41) is 0.570. The van der Waals surface area contributed by atoms with E-state index >= 15 is 0 Å². The number of hydrogen-bond donors (Lipinski definition) is 0. The fourth-order valence-corrected chi connectivity index (χ4v) is 4.46. The fraction of sp³-hybridized carbons (Fsp3) is 0.192. The molecule has 0 N–H and O–H groups in total. The van der Waals surface area contributed by atoms with Crippen LogP contribution >= 0.6 is 0 Å². The zero-order chi connectivity index (χ0) is 21.4. The van der Waals surface area contributed by atoms with Crippen molar-refractivity contribution in [3.05, 3.63) is 101 Å². The van der Waals surface area contributed by atoms with Gasteiger partial charge in [-0.25, -0.2) is 4.98 Å². The molecule has 0 aliphatic carbocycles. The van der Waals surface area contributed by atoms with E-state index in [1.54, 1.807) is 10.6 Å². The number of hydrogen-bond acceptors (Lipinski definition) is 3. The lowest BCUT2D eigenvalue weighted by Gasteiger charge is -2.18. The number of carbonyl (C=O) groups is 1. The molecule has 1 amide bonds. The van der Waals surface area contributed by atoms with Crippen molar-refractivity contribution in [1.29, 1.82) is 0 Å². The van der Waals surface area contributed by atoms with Gasteiger partial charge in [-0.2, -0.15) is 0 Å². The third-order valence-electron chi connectivity index (χ3n) is 5.86. The predicted octanol–water partition coefficient (Wildman–Crippen LogP) is 4.47. The molecule has 0 saturated carbocycles. The van der Waals surface area contributed by atoms with Crippen molar-refractivity contribution >= 4 is 22.5 Å². The van der Waals surface area contributed by atoms with Crippen molar-refractivity contribution in [3.8, 4) is 5.69 Å². The number of benzene rings is 3. The summed E-state index contributed by atoms with van der Waals surface area (Å²) >= 11 is 0. The standard InChI is InChI=1S/C26H23N3O2/c1-2-16-28-23-15-9-7-12-19(23)21(25(28)30)17-24-27-22-14-8-6-13-20(22)26(31)29(24)18-10-4-3-5-11-18/h3-15,21H,2,16-17H2,1H3/t21-/m0/s1. The Kier molecular flexibility index (Phi) is 4.86. The van der Waals surface area contributed by atoms with Crippen LogP contribution in [0.25, 0.3) is 16.6 Å². The van der Waals surface area contributed by atoms with Crippen LogP contribution in [0.3, 0.4) is 0 Å². The van der Waals surface area contributed by atoms with Gasteiger partial charge in [-0.1, -0.05) is 55.5 Å². The van der Waals surface area contributed by atoms with Gasteiger partial charge in [0, 0.05) is 18.7 Å². The molecule has 0 unspecified atom stereocenters. The summed E-state index contributed by atoms with van der Waals surface area (Å²) in [4.78, 5) is 33.5. The number of carbonyl (C=O) groups excluding carboxylic acids is 1. The molecule has 0 bridgehead atoms. The summed E-state index contributed by atoms with van der Waals surface area (Å²) in [5.41, 5.74) is 3.26. The van der Waals surface area contributed by atoms with Crippen molar-refractivity contribution in [2.75, 3.05) is 11.4 Å². The molecule has 1 atom stereocenters. The van der Waals surface area contributed by atoms with E-state index in [0.29, 0.717) is 29.7 Å². The van der Waals surface area contributed by atoms with Crippen LogP contribution in [0.15, 0.2) is 83.7 Å². The second-order valence-corrected chi connectivity index (χ2v) is 7.83. The van der Waals surface area contributed by atoms with Crippen LogP contribution in [0.5, 0.6) is 0 Å². The smallest absolute Gasteiger partial charge is 0.265 e. The zero-order valence-electron chi connectivity index (χ0n) is 17.4. The molecule has 0 fully saturated rings. The molecule has 5 heteroatoms. The normalized spacial score (nSPS) is 15.5. The molecule has 1 aromatic heterocycles. The van der Waals surface area contributed by atoms with E-state index in [4.69, 9.17) is 4.98 Å². The monoisotopic (exact) mass is 409 g/mol. The lowest BCUT2D eigenvalue weighted by atomic mass is 9.96. The van der Waals surface area contributed by atoms with E-state index in [1.807, 2.05) is 77.7 Å². The summed E-state index contributed by atoms with van der Waals surface area (Å²) in [5.74, 6) is 0.317. The van der Waals surface area contributed by atoms with Crippen LogP contribution in [-0.2, 0) is 11.2 Å². The first kappa shape index (κ1) is 19.2. The Balaban J connectivity index is 1.68. The highest BCUT2D eigenvalue weighted by Gasteiger charge is 2.37. The van der Waals surface area contributed by atoms with Gasteiger partial charge < -0.3 is 4.90 Å². The largest absolute Gasteiger partial charge is 0.312 e. The Bertz CT molecular complexity index is 1330. The van der Waals surface area contributed by atoms with E-state index in [-0.39, 0.29) is 17.4 Å². The number of rotatable bonds is 5. The van der Waals surface area contributed by atoms with Gasteiger partial charge >= 0.3 is 0 Å². The first-order chi connectivity index (χ1) is 15.2. The molecule has 5 nitrogen and oxygen atoms in total. The highest BCUT2D eigenvalue weighted by Crippen LogP contribution is 2.39. The molecular formula is C26H23N3O2. The molecule has 3 aromatic carbocycles. The van der Waals surface area contributed by atoms with Gasteiger partial charge in [-0.15, -0.1) is 0 Å². The molecule has 154 valence electrons. The molecular weight excluding hydrogens is 386 g/mol. The van der Waals surface area contributed by atoms with Crippen molar-refractivity contribution in [3.63, 3.8) is 0 Å². The first-order valence-corrected chi connectivity index (χ1v) is 10.7. The third-order valence-corrected chi connectivity index (χ3v) is 5.86. The van der Waals surface area contributed by atoms with E-state index in [0.717, 1.165) is 23.4 Å². The van der Waals surface area contributed by atoms with Gasteiger partial charge in [0.05, 0.1) is 22.5 Å². The highest BCUT2D eigenvalue weighted by molar-refractivity contribution is 6.05. The van der Waals surface area contributed by atoms with Gasteiger partial charge in [-0.3, -0.25) is 14.2 Å². The molecule has 1 aliphatic rings. The summed E-state index contributed by atoms with van der Waals surface area (Å²) in [7, 11) is 0. The van der Waals surface area contributed by atoms with Crippen LogP contribution in [0, 0.1) is 0 Å². The second-order valence-electron chi connectivity index (χ2n) is 7.83. The van der Waals surface area contributed by atoms with Crippen molar-refractivity contribution < 1.29 is 4.79 Å². The van der Waals surface area contributed by atoms with E-state index < -0.39 is 0 Å². The third kappa shape index (κ3) is 3.22. The maximum Gasteiger partial charge on any atom is 0.265 e. The van der Waals surface area contributed by atoms with Gasteiger partial charge in [-0.05, 0) is 42.3 Å². The van der Waals surface area contributed by atoms with Gasteiger partial charge in [0.15, 0.2) is 0 Å². The highest BCUT2D eigenvalue weighted by atomic mass is 16.2. The number of aromatic nitrogens is 2. The number of nitrogens with zero attached hydrogens (tertiary/aromatic N) is 3. The second kappa shape index (κ2) is 7.84. The quantitative estimate of drug-likeness (QED) is 0.489. The average molecular weight is 409 g/mol. The SMILES string of the molecule is CCCN1C(=O)[C@@H](Cc2nc3ccccc3c(=O)n2-c2ccccc2)c2ccccc21. The van der Waals surface area contributed by atoms with Crippen LogP contribution in [-0.4, -0.2) is 22.0 Å². The average Bonchev–Trinajstić information content (AvgIpc) is 3.06. The first-order valence-electron chi connectivity index (χ1n) is 10.7. The predicted molar refractivity (Wildman–Crippen MR) is 123 cm³/mol. The number of amides is 1. The van der Waals surface area contributed by atoms with Crippen LogP contribution in [0.1, 0.15) is 30.7 Å². The summed E-state index contributed by atoms with van der Waals surface area (Å²) in [6, 6.07) is 24.8. The number of fused-ring (bicyclic) bond motifs is 2. The Hall–Kier alpha value is -3.73. The zero-order valence-corrected chi connectivity index (χ0v) is 17.4. The molecule has 4 aromatic rings. The van der Waals surface area contributed by atoms with Gasteiger partial charge in [0.2, 0.25) is 5.91 Å². The Morgan fingerprint density at radius 1 is 0.871 bits per heavy atom. The molecule has 0 spiro atoms. The van der Waals surface area contributed by atoms with Gasteiger partial charge in [0.25, 0.3) is 5.56 Å². The molecule has 5 rings (SSSR count). The minimum absolute atomic E-state index is 0.0741. The van der Waals surface area contributed by atoms with Gasteiger partial charge in [0.1, 0.15) is 5.82 Å². The summed E-state index contributed by atoms with van der Waals surface area (Å²) < 4.78 is 1.65. The minimum Gasteiger partial charge on any atom is -0.312 e. The lowest BCUT2D eigenvalue weighted by Crippen LogP contribution is -2.31. The van der Waals surface area contributed by atoms with Crippen molar-refractivity contribution in [1.82, 2.24) is 9.55 Å². The Morgan fingerprint density at radius 2 is 1.58 bits per heavy atom. The van der Waals surface area contributed by atoms with Crippen molar-refractivity contribution in [2.24, 2.45) is 0 Å². The van der Waals surface area contributed by atoms with Crippen molar-refractivity contribution in [2.45, 2.75) is 25.7 Å². The Morgan fingerprint density at radius 3 is 2.39 bits per heavy atom. The number of anilines is 1. The minimum atomic E-state index is -0.356. The molecule has 31 heavy (non-hydrogen) atoms. The summed E-state index contributed by atoms with van der Waals surface area (Å²) in [6.45, 7) is 2.75. The topological polar surface area (TPSA) is 55.2 Å². The van der Waals surface area contributed by atoms with E-state index in [2.05, 4.69) is 6.92 Å². The molecule has 2 heterocycles. The van der Waals surface area contributed by atoms with E-state index in [9.17, 15) is 9.59 Å². The van der Waals surface area contributed by atoms with E-state index in [1.165, 1.54) is 0 Å². The molecule has 0 saturated heterocycles. The Labute approximate surface area is 180 Å². The molecule has 0 radical (unpaired) electrons. The van der Waals surface area contributed by atoms with Crippen LogP contribution in [0.2, 0.25) is 0 Å². The fourth-order valence-electron chi connectivity index (χ4n) is 4.46.